The lowest BCUT2D eigenvalue weighted by Crippen LogP contribution is -2.16. The topological polar surface area (TPSA) is 29.5 Å². The minimum atomic E-state index is -0.539. The summed E-state index contributed by atoms with van der Waals surface area (Å²) in [4.78, 5) is 0. The first-order chi connectivity index (χ1) is 5.33. The SMILES string of the molecule is CCO[SiH2]c1ccc(O)cc1. The molecule has 0 saturated carbocycles. The minimum absolute atomic E-state index is 0.319. The molecule has 0 atom stereocenters. The van der Waals surface area contributed by atoms with E-state index in [1.54, 1.807) is 12.1 Å². The average Bonchev–Trinajstić information content (AvgIpc) is 2.04. The van der Waals surface area contributed by atoms with Crippen molar-refractivity contribution in [3.63, 3.8) is 0 Å². The molecule has 0 fully saturated rings. The molecule has 3 heteroatoms. The predicted molar refractivity (Wildman–Crippen MR) is 47.9 cm³/mol. The molecule has 0 saturated heterocycles. The Bertz CT molecular complexity index is 208. The number of hydrogen-bond donors (Lipinski definition) is 1. The normalized spacial score (nSPS) is 11.0. The lowest BCUT2D eigenvalue weighted by atomic mass is 10.3. The molecule has 1 rings (SSSR count). The second kappa shape index (κ2) is 4.15. The van der Waals surface area contributed by atoms with Crippen LogP contribution in [0.2, 0.25) is 0 Å². The molecule has 0 aliphatic heterocycles. The van der Waals surface area contributed by atoms with Gasteiger partial charge in [-0.2, -0.15) is 0 Å². The number of hydrogen-bond acceptors (Lipinski definition) is 2. The summed E-state index contributed by atoms with van der Waals surface area (Å²) in [6.07, 6.45) is 0. The van der Waals surface area contributed by atoms with Gasteiger partial charge in [0.15, 0.2) is 9.76 Å². The van der Waals surface area contributed by atoms with E-state index in [0.717, 1.165) is 6.61 Å². The van der Waals surface area contributed by atoms with Crippen LogP contribution in [0.15, 0.2) is 24.3 Å². The summed E-state index contributed by atoms with van der Waals surface area (Å²) in [6, 6.07) is 7.22. The third-order valence-electron chi connectivity index (χ3n) is 1.41. The van der Waals surface area contributed by atoms with Gasteiger partial charge in [0, 0.05) is 6.61 Å². The third-order valence-corrected chi connectivity index (χ3v) is 2.83. The van der Waals surface area contributed by atoms with Gasteiger partial charge >= 0.3 is 0 Å². The smallest absolute Gasteiger partial charge is 0.192 e. The molecule has 0 heterocycles. The van der Waals surface area contributed by atoms with Crippen molar-refractivity contribution in [3.8, 4) is 5.75 Å². The fraction of sp³-hybridized carbons (Fsp3) is 0.250. The maximum absolute atomic E-state index is 8.96. The van der Waals surface area contributed by atoms with Gasteiger partial charge in [-0.05, 0) is 24.2 Å². The summed E-state index contributed by atoms with van der Waals surface area (Å²) >= 11 is 0. The van der Waals surface area contributed by atoms with Crippen molar-refractivity contribution >= 4 is 14.9 Å². The van der Waals surface area contributed by atoms with Gasteiger partial charge < -0.3 is 9.53 Å². The van der Waals surface area contributed by atoms with Gasteiger partial charge in [0.2, 0.25) is 0 Å². The lowest BCUT2D eigenvalue weighted by Gasteiger charge is -1.99. The molecule has 0 aliphatic rings. The van der Waals surface area contributed by atoms with Crippen LogP contribution in [0.1, 0.15) is 6.92 Å². The van der Waals surface area contributed by atoms with E-state index < -0.39 is 9.76 Å². The van der Waals surface area contributed by atoms with Crippen LogP contribution < -0.4 is 5.19 Å². The summed E-state index contributed by atoms with van der Waals surface area (Å²) in [7, 11) is -0.539. The highest BCUT2D eigenvalue weighted by atomic mass is 28.2. The lowest BCUT2D eigenvalue weighted by molar-refractivity contribution is 0.367. The molecule has 1 aromatic rings. The van der Waals surface area contributed by atoms with Gasteiger partial charge in [-0.25, -0.2) is 0 Å². The first-order valence-corrected chi connectivity index (χ1v) is 4.97. The molecule has 11 heavy (non-hydrogen) atoms. The van der Waals surface area contributed by atoms with Crippen LogP contribution in [0.25, 0.3) is 0 Å². The minimum Gasteiger partial charge on any atom is -0.508 e. The Hall–Kier alpha value is -0.803. The predicted octanol–water partition coefficient (Wildman–Crippen LogP) is 0.138. The zero-order chi connectivity index (χ0) is 8.10. The fourth-order valence-electron chi connectivity index (χ4n) is 0.812. The Morgan fingerprint density at radius 3 is 2.55 bits per heavy atom. The van der Waals surface area contributed by atoms with Crippen LogP contribution in [0, 0.1) is 0 Å². The summed E-state index contributed by atoms with van der Waals surface area (Å²) in [5, 5.41) is 10.2. The number of phenolic OH excluding ortho intramolecular Hbond substituents is 1. The van der Waals surface area contributed by atoms with E-state index in [1.807, 2.05) is 19.1 Å². The van der Waals surface area contributed by atoms with E-state index in [0.29, 0.717) is 5.75 Å². The number of aromatic hydroxyl groups is 1. The van der Waals surface area contributed by atoms with Crippen molar-refractivity contribution in [1.82, 2.24) is 0 Å². The van der Waals surface area contributed by atoms with Crippen molar-refractivity contribution in [2.24, 2.45) is 0 Å². The molecule has 0 radical (unpaired) electrons. The van der Waals surface area contributed by atoms with E-state index in [9.17, 15) is 0 Å². The zero-order valence-corrected chi connectivity index (χ0v) is 7.99. The largest absolute Gasteiger partial charge is 0.508 e. The zero-order valence-electron chi connectivity index (χ0n) is 6.58. The van der Waals surface area contributed by atoms with Crippen molar-refractivity contribution in [2.45, 2.75) is 6.92 Å². The molecule has 0 aromatic heterocycles. The van der Waals surface area contributed by atoms with Crippen molar-refractivity contribution < 1.29 is 9.53 Å². The van der Waals surface area contributed by atoms with Gasteiger partial charge in [-0.15, -0.1) is 0 Å². The maximum Gasteiger partial charge on any atom is 0.192 e. The molecule has 1 aromatic carbocycles. The highest BCUT2D eigenvalue weighted by molar-refractivity contribution is 6.46. The van der Waals surface area contributed by atoms with Crippen molar-refractivity contribution in [3.05, 3.63) is 24.3 Å². The van der Waals surface area contributed by atoms with Gasteiger partial charge in [-0.1, -0.05) is 12.1 Å². The second-order valence-corrected chi connectivity index (χ2v) is 3.82. The van der Waals surface area contributed by atoms with E-state index >= 15 is 0 Å². The number of benzene rings is 1. The van der Waals surface area contributed by atoms with Gasteiger partial charge in [0.1, 0.15) is 5.75 Å². The van der Waals surface area contributed by atoms with Crippen molar-refractivity contribution in [2.75, 3.05) is 6.61 Å². The molecule has 0 unspecified atom stereocenters. The van der Waals surface area contributed by atoms with E-state index in [-0.39, 0.29) is 0 Å². The average molecular weight is 168 g/mol. The van der Waals surface area contributed by atoms with Crippen LogP contribution >= 0.6 is 0 Å². The van der Waals surface area contributed by atoms with Gasteiger partial charge in [0.05, 0.1) is 0 Å². The number of rotatable bonds is 3. The first-order valence-electron chi connectivity index (χ1n) is 3.68. The molecule has 1 N–H and O–H groups in total. The second-order valence-electron chi connectivity index (χ2n) is 2.30. The van der Waals surface area contributed by atoms with Gasteiger partial charge in [0.25, 0.3) is 0 Å². The van der Waals surface area contributed by atoms with Crippen LogP contribution in [0.4, 0.5) is 0 Å². The molecule has 0 bridgehead atoms. The number of phenols is 1. The molecule has 2 nitrogen and oxygen atoms in total. The van der Waals surface area contributed by atoms with E-state index in [4.69, 9.17) is 9.53 Å². The summed E-state index contributed by atoms with van der Waals surface area (Å²) < 4.78 is 5.32. The first kappa shape index (κ1) is 8.29. The molecular weight excluding hydrogens is 156 g/mol. The standard InChI is InChI=1S/C8H12O2Si/c1-2-10-11-8-5-3-7(9)4-6-8/h3-6,9H,2,11H2,1H3. The summed E-state index contributed by atoms with van der Waals surface area (Å²) in [5.74, 6) is 0.319. The Balaban J connectivity index is 2.52. The fourth-order valence-corrected chi connectivity index (χ4v) is 1.68. The van der Waals surface area contributed by atoms with Crippen LogP contribution in [0.3, 0.4) is 0 Å². The van der Waals surface area contributed by atoms with Gasteiger partial charge in [-0.3, -0.25) is 0 Å². The molecule has 0 aliphatic carbocycles. The highest BCUT2D eigenvalue weighted by Crippen LogP contribution is 2.02. The van der Waals surface area contributed by atoms with Crippen molar-refractivity contribution in [1.29, 1.82) is 0 Å². The Morgan fingerprint density at radius 2 is 2.00 bits per heavy atom. The van der Waals surface area contributed by atoms with Crippen LogP contribution in [0.5, 0.6) is 5.75 Å². The highest BCUT2D eigenvalue weighted by Gasteiger charge is 1.92. The summed E-state index contributed by atoms with van der Waals surface area (Å²) in [6.45, 7) is 2.78. The Kier molecular flexibility index (Phi) is 3.13. The molecular formula is C8H12O2Si. The molecule has 0 spiro atoms. The summed E-state index contributed by atoms with van der Waals surface area (Å²) in [5.41, 5.74) is 0. The maximum atomic E-state index is 8.96. The molecule has 0 amide bonds. The Morgan fingerprint density at radius 1 is 1.36 bits per heavy atom. The Labute approximate surface area is 68.8 Å². The third kappa shape index (κ3) is 2.74. The quantitative estimate of drug-likeness (QED) is 0.650. The monoisotopic (exact) mass is 168 g/mol. The van der Waals surface area contributed by atoms with Crippen LogP contribution in [-0.2, 0) is 4.43 Å². The van der Waals surface area contributed by atoms with Crippen LogP contribution in [-0.4, -0.2) is 21.5 Å². The van der Waals surface area contributed by atoms with E-state index in [2.05, 4.69) is 0 Å². The molecule has 60 valence electrons. The van der Waals surface area contributed by atoms with E-state index in [1.165, 1.54) is 5.19 Å².